The Morgan fingerprint density at radius 3 is 2.52 bits per heavy atom. The van der Waals surface area contributed by atoms with E-state index in [1.807, 2.05) is 16.7 Å². The number of piperidine rings is 1. The molecule has 0 bridgehead atoms. The van der Waals surface area contributed by atoms with Gasteiger partial charge in [0.05, 0.1) is 6.61 Å². The number of esters is 1. The van der Waals surface area contributed by atoms with E-state index in [4.69, 9.17) is 4.74 Å². The van der Waals surface area contributed by atoms with E-state index in [2.05, 4.69) is 0 Å². The minimum absolute atomic E-state index is 0.0219. The van der Waals surface area contributed by atoms with Gasteiger partial charge in [-0.2, -0.15) is 0 Å². The molecule has 9 heteroatoms. The third-order valence-electron chi connectivity index (χ3n) is 7.38. The maximum Gasteiger partial charge on any atom is 0.345 e. The predicted octanol–water partition coefficient (Wildman–Crippen LogP) is 1.48. The number of rotatable bonds is 6. The van der Waals surface area contributed by atoms with Gasteiger partial charge in [-0.3, -0.25) is 14.4 Å². The molecule has 1 unspecified atom stereocenters. The third-order valence-corrected chi connectivity index (χ3v) is 7.38. The molecule has 3 saturated heterocycles. The molecule has 0 radical (unpaired) electrons. The summed E-state index contributed by atoms with van der Waals surface area (Å²) in [5.41, 5.74) is 0.0255. The van der Waals surface area contributed by atoms with Gasteiger partial charge < -0.3 is 24.3 Å². The number of nitrogens with zero attached hydrogens (tertiary/aromatic N) is 4. The van der Waals surface area contributed by atoms with E-state index < -0.39 is 5.97 Å². The van der Waals surface area contributed by atoms with Crippen LogP contribution in [0.5, 0.6) is 0 Å². The third kappa shape index (κ3) is 4.73. The average molecular weight is 461 g/mol. The predicted molar refractivity (Wildman–Crippen MR) is 121 cm³/mol. The lowest BCUT2D eigenvalue weighted by Gasteiger charge is -2.48. The van der Waals surface area contributed by atoms with Gasteiger partial charge in [0.25, 0.3) is 5.91 Å². The molecule has 0 aromatic rings. The fraction of sp³-hybridized carbons (Fsp3) is 0.750. The number of likely N-dealkylation sites (tertiary alicyclic amines) is 2. The minimum Gasteiger partial charge on any atom is -0.462 e. The van der Waals surface area contributed by atoms with Gasteiger partial charge in [-0.15, -0.1) is 0 Å². The monoisotopic (exact) mass is 460 g/mol. The van der Waals surface area contributed by atoms with Gasteiger partial charge in [0.1, 0.15) is 17.8 Å². The molecule has 33 heavy (non-hydrogen) atoms. The highest BCUT2D eigenvalue weighted by atomic mass is 16.5. The highest BCUT2D eigenvalue weighted by molar-refractivity contribution is 6.16. The molecule has 3 fully saturated rings. The first-order valence-corrected chi connectivity index (χ1v) is 12.5. The summed E-state index contributed by atoms with van der Waals surface area (Å²) in [6, 6.07) is -0.330. The molecule has 4 heterocycles. The van der Waals surface area contributed by atoms with Crippen LogP contribution in [0.1, 0.15) is 65.2 Å². The number of ether oxygens (including phenoxy) is 1. The summed E-state index contributed by atoms with van der Waals surface area (Å²) in [6.07, 6.45) is 7.98. The number of hydrogen-bond donors (Lipinski definition) is 0. The second kappa shape index (κ2) is 10.1. The summed E-state index contributed by atoms with van der Waals surface area (Å²) in [6.45, 7) is 6.49. The Labute approximate surface area is 195 Å². The minimum atomic E-state index is -0.620. The van der Waals surface area contributed by atoms with E-state index in [0.29, 0.717) is 13.1 Å². The molecule has 4 aliphatic heterocycles. The van der Waals surface area contributed by atoms with Crippen LogP contribution in [0.25, 0.3) is 0 Å². The van der Waals surface area contributed by atoms with Gasteiger partial charge in [-0.1, -0.05) is 0 Å². The molecule has 0 N–H and O–H groups in total. The topological polar surface area (TPSA) is 90.5 Å². The van der Waals surface area contributed by atoms with E-state index in [1.165, 1.54) is 0 Å². The lowest BCUT2D eigenvalue weighted by atomic mass is 9.96. The molecular weight excluding hydrogens is 424 g/mol. The van der Waals surface area contributed by atoms with Crippen LogP contribution in [0, 0.1) is 0 Å². The van der Waals surface area contributed by atoms with Crippen molar-refractivity contribution in [3.63, 3.8) is 0 Å². The van der Waals surface area contributed by atoms with Gasteiger partial charge in [-0.25, -0.2) is 4.79 Å². The number of amides is 3. The van der Waals surface area contributed by atoms with Crippen LogP contribution in [-0.2, 0) is 23.9 Å². The number of hydrogen-bond acceptors (Lipinski definition) is 6. The molecular formula is C24H36N4O5. The lowest BCUT2D eigenvalue weighted by Crippen LogP contribution is -2.59. The maximum absolute atomic E-state index is 13.2. The summed E-state index contributed by atoms with van der Waals surface area (Å²) in [5.74, 6) is -0.864. The van der Waals surface area contributed by atoms with Gasteiger partial charge in [-0.05, 0) is 58.8 Å². The van der Waals surface area contributed by atoms with E-state index in [9.17, 15) is 19.2 Å². The zero-order valence-electron chi connectivity index (χ0n) is 19.8. The normalized spacial score (nSPS) is 27.5. The van der Waals surface area contributed by atoms with Crippen molar-refractivity contribution < 1.29 is 23.9 Å². The van der Waals surface area contributed by atoms with Crippen molar-refractivity contribution in [3.05, 3.63) is 11.8 Å². The lowest BCUT2D eigenvalue weighted by molar-refractivity contribution is -0.149. The molecule has 0 spiro atoms. The van der Waals surface area contributed by atoms with Crippen LogP contribution >= 0.6 is 0 Å². The molecule has 4 rings (SSSR count). The molecule has 0 aromatic heterocycles. The van der Waals surface area contributed by atoms with Crippen LogP contribution < -0.4 is 0 Å². The number of carbonyl (C=O) groups is 4. The Hall–Kier alpha value is -2.58. The molecule has 182 valence electrons. The van der Waals surface area contributed by atoms with Crippen LogP contribution in [0.15, 0.2) is 11.8 Å². The molecule has 0 aliphatic carbocycles. The molecule has 3 amide bonds. The average Bonchev–Trinajstić information content (AvgIpc) is 3.50. The molecule has 9 nitrogen and oxygen atoms in total. The highest BCUT2D eigenvalue weighted by Crippen LogP contribution is 2.32. The smallest absolute Gasteiger partial charge is 0.345 e. The quantitative estimate of drug-likeness (QED) is 0.441. The van der Waals surface area contributed by atoms with Gasteiger partial charge in [0, 0.05) is 44.8 Å². The fourth-order valence-corrected chi connectivity index (χ4v) is 5.68. The number of carbonyl (C=O) groups excluding carboxylic acids is 4. The van der Waals surface area contributed by atoms with Gasteiger partial charge >= 0.3 is 5.97 Å². The van der Waals surface area contributed by atoms with Crippen LogP contribution in [0.2, 0.25) is 0 Å². The van der Waals surface area contributed by atoms with Crippen molar-refractivity contribution in [1.29, 1.82) is 0 Å². The largest absolute Gasteiger partial charge is 0.462 e. The fourth-order valence-electron chi connectivity index (χ4n) is 5.68. The molecule has 4 aliphatic rings. The number of fused-ring (bicyclic) bond motifs is 1. The van der Waals surface area contributed by atoms with Crippen molar-refractivity contribution in [1.82, 2.24) is 19.6 Å². The van der Waals surface area contributed by atoms with Crippen molar-refractivity contribution in [2.75, 3.05) is 32.8 Å². The first-order valence-electron chi connectivity index (χ1n) is 12.5. The van der Waals surface area contributed by atoms with Crippen LogP contribution in [0.4, 0.5) is 0 Å². The van der Waals surface area contributed by atoms with Crippen molar-refractivity contribution in [3.8, 4) is 0 Å². The van der Waals surface area contributed by atoms with Gasteiger partial charge in [0.2, 0.25) is 11.8 Å². The Balaban J connectivity index is 1.46. The van der Waals surface area contributed by atoms with Crippen LogP contribution in [-0.4, -0.2) is 94.3 Å². The van der Waals surface area contributed by atoms with E-state index in [0.717, 1.165) is 58.0 Å². The summed E-state index contributed by atoms with van der Waals surface area (Å²) >= 11 is 0. The molecule has 0 aromatic carbocycles. The second-order valence-electron chi connectivity index (χ2n) is 9.50. The van der Waals surface area contributed by atoms with Crippen LogP contribution in [0.3, 0.4) is 0 Å². The van der Waals surface area contributed by atoms with Gasteiger partial charge in [0.15, 0.2) is 0 Å². The second-order valence-corrected chi connectivity index (χ2v) is 9.50. The van der Waals surface area contributed by atoms with E-state index >= 15 is 0 Å². The van der Waals surface area contributed by atoms with Crippen molar-refractivity contribution >= 4 is 23.7 Å². The zero-order valence-corrected chi connectivity index (χ0v) is 19.8. The highest BCUT2D eigenvalue weighted by Gasteiger charge is 2.43. The van der Waals surface area contributed by atoms with E-state index in [1.54, 1.807) is 22.9 Å². The zero-order chi connectivity index (χ0) is 23.5. The summed E-state index contributed by atoms with van der Waals surface area (Å²) in [7, 11) is 0. The SMILES string of the molecule is CCOC(=O)C1=CN(CCC(=O)N2CCC[C@H]2C(=O)N2CCCC2)C2CCC[C@H](C)N2C1=O. The Bertz CT molecular complexity index is 822. The Kier molecular flexibility index (Phi) is 7.24. The maximum atomic E-state index is 13.2. The first-order chi connectivity index (χ1) is 15.9. The van der Waals surface area contributed by atoms with E-state index in [-0.39, 0.29) is 54.6 Å². The molecule has 0 saturated carbocycles. The standard InChI is InChI=1S/C24H36N4O5/c1-3-33-24(32)18-16-26(20-10-6-8-17(2)28(20)22(18)30)15-11-21(29)27-14-7-9-19(27)23(31)25-12-4-5-13-25/h16-17,19-20H,3-15H2,1-2H3/t17-,19-,20?/m0/s1. The summed E-state index contributed by atoms with van der Waals surface area (Å²) < 4.78 is 5.11. The Morgan fingerprint density at radius 1 is 1.03 bits per heavy atom. The summed E-state index contributed by atoms with van der Waals surface area (Å²) in [4.78, 5) is 58.9. The Morgan fingerprint density at radius 2 is 1.79 bits per heavy atom. The molecule has 3 atom stereocenters. The first kappa shape index (κ1) is 23.6. The van der Waals surface area contributed by atoms with Crippen molar-refractivity contribution in [2.45, 2.75) is 83.5 Å². The van der Waals surface area contributed by atoms with Crippen molar-refractivity contribution in [2.24, 2.45) is 0 Å². The summed E-state index contributed by atoms with van der Waals surface area (Å²) in [5, 5.41) is 0.